The highest BCUT2D eigenvalue weighted by molar-refractivity contribution is 7.20. The van der Waals surface area contributed by atoms with Crippen LogP contribution in [0.15, 0.2) is 18.2 Å². The van der Waals surface area contributed by atoms with Crippen LogP contribution in [0.1, 0.15) is 16.9 Å². The number of thiophene rings is 1. The number of fused-ring (bicyclic) bond motifs is 1. The molecule has 5 heteroatoms. The van der Waals surface area contributed by atoms with Crippen LogP contribution in [0.2, 0.25) is 5.02 Å². The lowest BCUT2D eigenvalue weighted by Crippen LogP contribution is -2.17. The van der Waals surface area contributed by atoms with Gasteiger partial charge in [-0.2, -0.15) is 0 Å². The van der Waals surface area contributed by atoms with E-state index >= 15 is 0 Å². The molecule has 0 fully saturated rings. The van der Waals surface area contributed by atoms with Gasteiger partial charge in [0.25, 0.3) is 0 Å². The standard InChI is InChI=1S/C13H14ClNO2S/c1-8-9-3-2-4-10(14)13(9)18-11(8)7-15-6-5-12(16)17/h2-4,15H,5-7H2,1H3,(H,16,17). The molecule has 0 unspecified atom stereocenters. The molecule has 0 amide bonds. The van der Waals surface area contributed by atoms with Gasteiger partial charge >= 0.3 is 5.97 Å². The van der Waals surface area contributed by atoms with Crippen LogP contribution in [0.3, 0.4) is 0 Å². The largest absolute Gasteiger partial charge is 0.481 e. The molecule has 2 aromatic rings. The van der Waals surface area contributed by atoms with Gasteiger partial charge in [0, 0.05) is 18.0 Å². The van der Waals surface area contributed by atoms with Crippen molar-refractivity contribution < 1.29 is 9.90 Å². The molecule has 3 nitrogen and oxygen atoms in total. The highest BCUT2D eigenvalue weighted by Gasteiger charge is 2.10. The molecule has 0 aliphatic carbocycles. The van der Waals surface area contributed by atoms with E-state index in [4.69, 9.17) is 16.7 Å². The average molecular weight is 284 g/mol. The molecule has 1 heterocycles. The van der Waals surface area contributed by atoms with E-state index in [-0.39, 0.29) is 6.42 Å². The van der Waals surface area contributed by atoms with E-state index in [1.165, 1.54) is 15.8 Å². The molecular weight excluding hydrogens is 270 g/mol. The average Bonchev–Trinajstić information content (AvgIpc) is 2.64. The summed E-state index contributed by atoms with van der Waals surface area (Å²) in [6.45, 7) is 3.24. The Labute approximate surface area is 114 Å². The van der Waals surface area contributed by atoms with Crippen molar-refractivity contribution in [1.29, 1.82) is 0 Å². The molecule has 0 saturated heterocycles. The summed E-state index contributed by atoms with van der Waals surface area (Å²) in [7, 11) is 0. The number of benzene rings is 1. The lowest BCUT2D eigenvalue weighted by molar-refractivity contribution is -0.136. The number of rotatable bonds is 5. The third-order valence-corrected chi connectivity index (χ3v) is 4.58. The second kappa shape index (κ2) is 5.69. The van der Waals surface area contributed by atoms with Crippen LogP contribution in [0.4, 0.5) is 0 Å². The first-order chi connectivity index (χ1) is 8.59. The van der Waals surface area contributed by atoms with E-state index in [9.17, 15) is 4.79 Å². The molecule has 0 saturated carbocycles. The van der Waals surface area contributed by atoms with Gasteiger partial charge in [-0.1, -0.05) is 23.7 Å². The molecule has 0 spiro atoms. The van der Waals surface area contributed by atoms with Crippen molar-refractivity contribution in [1.82, 2.24) is 5.32 Å². The van der Waals surface area contributed by atoms with Gasteiger partial charge in [0.2, 0.25) is 0 Å². The fraction of sp³-hybridized carbons (Fsp3) is 0.308. The number of carboxylic acids is 1. The molecule has 0 aliphatic rings. The van der Waals surface area contributed by atoms with Crippen LogP contribution in [0.25, 0.3) is 10.1 Å². The Kier molecular flexibility index (Phi) is 4.22. The Bertz CT molecular complexity index is 580. The third kappa shape index (κ3) is 2.83. The second-order valence-corrected chi connectivity index (χ2v) is 5.60. The topological polar surface area (TPSA) is 49.3 Å². The first-order valence-corrected chi connectivity index (χ1v) is 6.88. The summed E-state index contributed by atoms with van der Waals surface area (Å²) in [6, 6.07) is 5.90. The van der Waals surface area contributed by atoms with Crippen molar-refractivity contribution in [3.63, 3.8) is 0 Å². The quantitative estimate of drug-likeness (QED) is 0.827. The minimum absolute atomic E-state index is 0.144. The number of aryl methyl sites for hydroxylation is 1. The molecule has 2 N–H and O–H groups in total. The van der Waals surface area contributed by atoms with Crippen molar-refractivity contribution >= 4 is 39.0 Å². The van der Waals surface area contributed by atoms with Gasteiger partial charge < -0.3 is 10.4 Å². The zero-order valence-corrected chi connectivity index (χ0v) is 11.6. The maximum absolute atomic E-state index is 10.4. The van der Waals surface area contributed by atoms with Crippen molar-refractivity contribution in [2.24, 2.45) is 0 Å². The number of hydrogen-bond acceptors (Lipinski definition) is 3. The minimum Gasteiger partial charge on any atom is -0.481 e. The first kappa shape index (κ1) is 13.3. The molecule has 1 aromatic heterocycles. The van der Waals surface area contributed by atoms with E-state index in [0.717, 1.165) is 9.72 Å². The summed E-state index contributed by atoms with van der Waals surface area (Å²) in [4.78, 5) is 11.6. The zero-order chi connectivity index (χ0) is 13.1. The van der Waals surface area contributed by atoms with E-state index < -0.39 is 5.97 Å². The van der Waals surface area contributed by atoms with Crippen molar-refractivity contribution in [2.45, 2.75) is 19.9 Å². The number of carbonyl (C=O) groups is 1. The number of hydrogen-bond donors (Lipinski definition) is 2. The molecule has 0 radical (unpaired) electrons. The molecule has 18 heavy (non-hydrogen) atoms. The third-order valence-electron chi connectivity index (χ3n) is 2.82. The van der Waals surface area contributed by atoms with Gasteiger partial charge in [-0.3, -0.25) is 4.79 Å². The van der Waals surface area contributed by atoms with Crippen LogP contribution in [-0.2, 0) is 11.3 Å². The van der Waals surface area contributed by atoms with Crippen LogP contribution in [0.5, 0.6) is 0 Å². The predicted octanol–water partition coefficient (Wildman–Crippen LogP) is 3.43. The smallest absolute Gasteiger partial charge is 0.304 e. The molecule has 0 aliphatic heterocycles. The minimum atomic E-state index is -0.779. The molecule has 2 rings (SSSR count). The van der Waals surface area contributed by atoms with Crippen LogP contribution >= 0.6 is 22.9 Å². The second-order valence-electron chi connectivity index (χ2n) is 4.09. The summed E-state index contributed by atoms with van der Waals surface area (Å²) in [6.07, 6.45) is 0.144. The lowest BCUT2D eigenvalue weighted by Gasteiger charge is -2.01. The normalized spacial score (nSPS) is 11.0. The fourth-order valence-electron chi connectivity index (χ4n) is 1.82. The van der Waals surface area contributed by atoms with Gasteiger partial charge in [-0.15, -0.1) is 11.3 Å². The predicted molar refractivity (Wildman–Crippen MR) is 75.5 cm³/mol. The monoisotopic (exact) mass is 283 g/mol. The highest BCUT2D eigenvalue weighted by Crippen LogP contribution is 2.35. The van der Waals surface area contributed by atoms with E-state index in [2.05, 4.69) is 18.3 Å². The maximum atomic E-state index is 10.4. The van der Waals surface area contributed by atoms with E-state index in [1.807, 2.05) is 12.1 Å². The summed E-state index contributed by atoms with van der Waals surface area (Å²) in [5.74, 6) is -0.779. The summed E-state index contributed by atoms with van der Waals surface area (Å²) < 4.78 is 1.10. The number of nitrogens with one attached hydrogen (secondary N) is 1. The molecular formula is C13H14ClNO2S. The maximum Gasteiger partial charge on any atom is 0.304 e. The zero-order valence-electron chi connectivity index (χ0n) is 10.00. The summed E-state index contributed by atoms with van der Waals surface area (Å²) >= 11 is 7.82. The van der Waals surface area contributed by atoms with Gasteiger partial charge in [0.15, 0.2) is 0 Å². The molecule has 0 atom stereocenters. The summed E-state index contributed by atoms with van der Waals surface area (Å²) in [5.41, 5.74) is 1.22. The van der Waals surface area contributed by atoms with Crippen molar-refractivity contribution in [3.05, 3.63) is 33.7 Å². The van der Waals surface area contributed by atoms with Gasteiger partial charge in [-0.25, -0.2) is 0 Å². The number of aliphatic carboxylic acids is 1. The molecule has 1 aromatic carbocycles. The summed E-state index contributed by atoms with van der Waals surface area (Å²) in [5, 5.41) is 13.7. The van der Waals surface area contributed by atoms with Crippen molar-refractivity contribution in [3.8, 4) is 0 Å². The number of halogens is 1. The Morgan fingerprint density at radius 2 is 2.28 bits per heavy atom. The fourth-order valence-corrected chi connectivity index (χ4v) is 3.29. The van der Waals surface area contributed by atoms with Gasteiger partial charge in [0.05, 0.1) is 16.1 Å². The van der Waals surface area contributed by atoms with E-state index in [1.54, 1.807) is 11.3 Å². The lowest BCUT2D eigenvalue weighted by atomic mass is 10.1. The van der Waals surface area contributed by atoms with Gasteiger partial charge in [-0.05, 0) is 23.9 Å². The van der Waals surface area contributed by atoms with Crippen LogP contribution in [-0.4, -0.2) is 17.6 Å². The Morgan fingerprint density at radius 3 is 2.94 bits per heavy atom. The van der Waals surface area contributed by atoms with E-state index in [0.29, 0.717) is 13.1 Å². The SMILES string of the molecule is Cc1c(CNCCC(=O)O)sc2c(Cl)cccc12. The molecule has 0 bridgehead atoms. The van der Waals surface area contributed by atoms with Crippen LogP contribution in [0, 0.1) is 6.92 Å². The van der Waals surface area contributed by atoms with Crippen molar-refractivity contribution in [2.75, 3.05) is 6.54 Å². The number of carboxylic acid groups (broad SMARTS) is 1. The highest BCUT2D eigenvalue weighted by atomic mass is 35.5. The Hall–Kier alpha value is -1.10. The Balaban J connectivity index is 2.12. The first-order valence-electron chi connectivity index (χ1n) is 5.68. The van der Waals surface area contributed by atoms with Crippen LogP contribution < -0.4 is 5.32 Å². The Morgan fingerprint density at radius 1 is 1.50 bits per heavy atom. The molecule has 96 valence electrons. The van der Waals surface area contributed by atoms with Gasteiger partial charge in [0.1, 0.15) is 0 Å².